The van der Waals surface area contributed by atoms with E-state index in [2.05, 4.69) is 10.2 Å². The van der Waals surface area contributed by atoms with Gasteiger partial charge >= 0.3 is 0 Å². The third kappa shape index (κ3) is 9.48. The molecule has 0 aliphatic rings. The molecule has 0 fully saturated rings. The smallest absolute Gasteiger partial charge is 0.220 e. The highest BCUT2D eigenvalue weighted by Crippen LogP contribution is 1.95. The number of unbranched alkanes of at least 4 members (excludes halogenated alkanes) is 1. The van der Waals surface area contributed by atoms with E-state index in [1.54, 1.807) is 7.11 Å². The van der Waals surface area contributed by atoms with Gasteiger partial charge in [-0.3, -0.25) is 4.79 Å². The zero-order valence-corrected chi connectivity index (χ0v) is 9.51. The van der Waals surface area contributed by atoms with Crippen LogP contribution in [-0.2, 0) is 9.53 Å². The molecule has 0 aromatic carbocycles. The molecule has 4 heteroatoms. The third-order valence-electron chi connectivity index (χ3n) is 1.89. The molecule has 4 nitrogen and oxygen atoms in total. The molecular weight excluding hydrogens is 180 g/mol. The summed E-state index contributed by atoms with van der Waals surface area (Å²) in [6.45, 7) is 2.25. The van der Waals surface area contributed by atoms with Crippen molar-refractivity contribution in [2.24, 2.45) is 0 Å². The van der Waals surface area contributed by atoms with Gasteiger partial charge in [-0.2, -0.15) is 0 Å². The largest absolute Gasteiger partial charge is 0.383 e. The number of rotatable bonds is 8. The van der Waals surface area contributed by atoms with Gasteiger partial charge in [0, 0.05) is 20.1 Å². The summed E-state index contributed by atoms with van der Waals surface area (Å²) in [4.78, 5) is 13.3. The first-order chi connectivity index (χ1) is 6.66. The number of amides is 1. The summed E-state index contributed by atoms with van der Waals surface area (Å²) in [6.07, 6.45) is 2.65. The second-order valence-corrected chi connectivity index (χ2v) is 3.60. The van der Waals surface area contributed by atoms with E-state index in [4.69, 9.17) is 4.74 Å². The minimum atomic E-state index is 0.126. The minimum Gasteiger partial charge on any atom is -0.383 e. The molecule has 0 aromatic heterocycles. The highest BCUT2D eigenvalue weighted by Gasteiger charge is 1.99. The fraction of sp³-hybridized carbons (Fsp3) is 0.900. The van der Waals surface area contributed by atoms with Gasteiger partial charge in [0.25, 0.3) is 0 Å². The van der Waals surface area contributed by atoms with Crippen LogP contribution in [0.4, 0.5) is 0 Å². The average Bonchev–Trinajstić information content (AvgIpc) is 2.13. The Balaban J connectivity index is 3.18. The lowest BCUT2D eigenvalue weighted by Crippen LogP contribution is -2.26. The molecule has 0 radical (unpaired) electrons. The van der Waals surface area contributed by atoms with E-state index in [1.165, 1.54) is 0 Å². The first kappa shape index (κ1) is 13.4. The molecule has 0 rings (SSSR count). The van der Waals surface area contributed by atoms with Crippen LogP contribution in [0.15, 0.2) is 0 Å². The topological polar surface area (TPSA) is 41.6 Å². The van der Waals surface area contributed by atoms with Gasteiger partial charge in [-0.15, -0.1) is 0 Å². The number of hydrogen-bond donors (Lipinski definition) is 1. The monoisotopic (exact) mass is 202 g/mol. The summed E-state index contributed by atoms with van der Waals surface area (Å²) in [5.74, 6) is 0.126. The van der Waals surface area contributed by atoms with Crippen LogP contribution in [0, 0.1) is 0 Å². The van der Waals surface area contributed by atoms with E-state index in [0.717, 1.165) is 19.4 Å². The van der Waals surface area contributed by atoms with Crippen molar-refractivity contribution >= 4 is 5.91 Å². The standard InChI is InChI=1S/C10H22N2O2/c1-12(2)8-5-4-6-10(13)11-7-9-14-3/h4-9H2,1-3H3,(H,11,13). The Hall–Kier alpha value is -0.610. The van der Waals surface area contributed by atoms with Crippen molar-refractivity contribution < 1.29 is 9.53 Å². The van der Waals surface area contributed by atoms with E-state index in [-0.39, 0.29) is 5.91 Å². The van der Waals surface area contributed by atoms with Gasteiger partial charge in [0.15, 0.2) is 0 Å². The molecule has 1 amide bonds. The Bertz CT molecular complexity index is 149. The van der Waals surface area contributed by atoms with E-state index in [9.17, 15) is 4.79 Å². The van der Waals surface area contributed by atoms with Crippen molar-refractivity contribution in [1.82, 2.24) is 10.2 Å². The van der Waals surface area contributed by atoms with Crippen molar-refractivity contribution in [3.8, 4) is 0 Å². The zero-order valence-electron chi connectivity index (χ0n) is 9.51. The Morgan fingerprint density at radius 2 is 2.07 bits per heavy atom. The molecule has 0 unspecified atom stereocenters. The van der Waals surface area contributed by atoms with Crippen molar-refractivity contribution in [2.45, 2.75) is 19.3 Å². The Kier molecular flexibility index (Phi) is 8.57. The van der Waals surface area contributed by atoms with Gasteiger partial charge in [-0.1, -0.05) is 0 Å². The van der Waals surface area contributed by atoms with Crippen molar-refractivity contribution in [1.29, 1.82) is 0 Å². The highest BCUT2D eigenvalue weighted by molar-refractivity contribution is 5.75. The summed E-state index contributed by atoms with van der Waals surface area (Å²) < 4.78 is 4.83. The molecule has 1 N–H and O–H groups in total. The Labute approximate surface area is 86.6 Å². The number of nitrogens with zero attached hydrogens (tertiary/aromatic N) is 1. The van der Waals surface area contributed by atoms with Gasteiger partial charge < -0.3 is 15.0 Å². The lowest BCUT2D eigenvalue weighted by atomic mass is 10.2. The summed E-state index contributed by atoms with van der Waals surface area (Å²) in [7, 11) is 5.71. The van der Waals surface area contributed by atoms with Gasteiger partial charge in [-0.05, 0) is 33.5 Å². The van der Waals surface area contributed by atoms with Crippen LogP contribution >= 0.6 is 0 Å². The Morgan fingerprint density at radius 1 is 1.36 bits per heavy atom. The fourth-order valence-corrected chi connectivity index (χ4v) is 1.09. The SMILES string of the molecule is COCCNC(=O)CCCCN(C)C. The summed E-state index contributed by atoms with van der Waals surface area (Å²) in [5, 5.41) is 2.79. The minimum absolute atomic E-state index is 0.126. The lowest BCUT2D eigenvalue weighted by Gasteiger charge is -2.08. The van der Waals surface area contributed by atoms with Gasteiger partial charge in [0.2, 0.25) is 5.91 Å². The molecular formula is C10H22N2O2. The summed E-state index contributed by atoms with van der Waals surface area (Å²) in [6, 6.07) is 0. The summed E-state index contributed by atoms with van der Waals surface area (Å²) >= 11 is 0. The summed E-state index contributed by atoms with van der Waals surface area (Å²) in [5.41, 5.74) is 0. The molecule has 0 atom stereocenters. The predicted octanol–water partition coefficient (Wildman–Crippen LogP) is 0.481. The number of carbonyl (C=O) groups is 1. The predicted molar refractivity (Wildman–Crippen MR) is 57.3 cm³/mol. The molecule has 0 aliphatic heterocycles. The molecule has 0 saturated heterocycles. The Morgan fingerprint density at radius 3 is 2.64 bits per heavy atom. The number of hydrogen-bond acceptors (Lipinski definition) is 3. The maximum Gasteiger partial charge on any atom is 0.220 e. The number of methoxy groups -OCH3 is 1. The molecule has 0 bridgehead atoms. The van der Waals surface area contributed by atoms with Crippen LogP contribution < -0.4 is 5.32 Å². The number of ether oxygens (including phenoxy) is 1. The molecule has 0 aromatic rings. The van der Waals surface area contributed by atoms with Crippen molar-refractivity contribution in [3.63, 3.8) is 0 Å². The molecule has 0 spiro atoms. The van der Waals surface area contributed by atoms with Crippen LogP contribution in [0.1, 0.15) is 19.3 Å². The van der Waals surface area contributed by atoms with Crippen LogP contribution in [0.5, 0.6) is 0 Å². The molecule has 84 valence electrons. The van der Waals surface area contributed by atoms with Gasteiger partial charge in [-0.25, -0.2) is 0 Å². The molecule has 0 heterocycles. The van der Waals surface area contributed by atoms with Crippen LogP contribution in [0.25, 0.3) is 0 Å². The van der Waals surface area contributed by atoms with E-state index >= 15 is 0 Å². The normalized spacial score (nSPS) is 10.6. The second-order valence-electron chi connectivity index (χ2n) is 3.60. The highest BCUT2D eigenvalue weighted by atomic mass is 16.5. The van der Waals surface area contributed by atoms with E-state index < -0.39 is 0 Å². The van der Waals surface area contributed by atoms with Crippen LogP contribution in [-0.4, -0.2) is 51.7 Å². The van der Waals surface area contributed by atoms with Crippen molar-refractivity contribution in [2.75, 3.05) is 40.9 Å². The maximum absolute atomic E-state index is 11.2. The number of carbonyl (C=O) groups excluding carboxylic acids is 1. The van der Waals surface area contributed by atoms with Gasteiger partial charge in [0.05, 0.1) is 6.61 Å². The van der Waals surface area contributed by atoms with Crippen molar-refractivity contribution in [3.05, 3.63) is 0 Å². The maximum atomic E-state index is 11.2. The second kappa shape index (κ2) is 8.97. The molecule has 0 aliphatic carbocycles. The quantitative estimate of drug-likeness (QED) is 0.582. The average molecular weight is 202 g/mol. The van der Waals surface area contributed by atoms with E-state index in [1.807, 2.05) is 14.1 Å². The number of nitrogens with one attached hydrogen (secondary N) is 1. The van der Waals surface area contributed by atoms with Crippen LogP contribution in [0.2, 0.25) is 0 Å². The molecule has 0 saturated carbocycles. The fourth-order valence-electron chi connectivity index (χ4n) is 1.09. The third-order valence-corrected chi connectivity index (χ3v) is 1.89. The zero-order chi connectivity index (χ0) is 10.8. The van der Waals surface area contributed by atoms with Gasteiger partial charge in [0.1, 0.15) is 0 Å². The lowest BCUT2D eigenvalue weighted by molar-refractivity contribution is -0.121. The molecule has 14 heavy (non-hydrogen) atoms. The first-order valence-electron chi connectivity index (χ1n) is 5.07. The van der Waals surface area contributed by atoms with E-state index in [0.29, 0.717) is 19.6 Å². The first-order valence-corrected chi connectivity index (χ1v) is 5.07. The van der Waals surface area contributed by atoms with Crippen LogP contribution in [0.3, 0.4) is 0 Å².